The van der Waals surface area contributed by atoms with Crippen LogP contribution in [0, 0.1) is 0 Å². The molecule has 1 unspecified atom stereocenters. The van der Waals surface area contributed by atoms with Crippen LogP contribution in [0.4, 0.5) is 10.5 Å². The van der Waals surface area contributed by atoms with Gasteiger partial charge in [0.25, 0.3) is 0 Å². The van der Waals surface area contributed by atoms with E-state index in [1.165, 1.54) is 12.1 Å². The molecule has 0 bridgehead atoms. The average Bonchev–Trinajstić information content (AvgIpc) is 2.50. The molecule has 1 amide bonds. The Bertz CT molecular complexity index is 667. The number of aromatic hydroxyl groups is 1. The van der Waals surface area contributed by atoms with Crippen molar-refractivity contribution in [2.24, 2.45) is 5.73 Å². The van der Waals surface area contributed by atoms with Crippen molar-refractivity contribution in [1.29, 1.82) is 0 Å². The monoisotopic (exact) mass is 338 g/mol. The molecule has 0 aromatic heterocycles. The first kappa shape index (κ1) is 16.5. The Hall–Kier alpha value is -1.89. The van der Waals surface area contributed by atoms with Gasteiger partial charge in [0.2, 0.25) is 0 Å². The number of carbonyl (C=O) groups is 1. The highest BCUT2D eigenvalue weighted by atomic mass is 35.5. The van der Waals surface area contributed by atoms with Gasteiger partial charge in [-0.05, 0) is 17.7 Å². The molecule has 0 saturated carbocycles. The van der Waals surface area contributed by atoms with Gasteiger partial charge in [0.15, 0.2) is 5.75 Å². The minimum Gasteiger partial charge on any atom is -0.505 e. The van der Waals surface area contributed by atoms with E-state index in [1.54, 1.807) is 0 Å². The molecule has 1 atom stereocenters. The van der Waals surface area contributed by atoms with Crippen molar-refractivity contribution in [3.05, 3.63) is 53.1 Å². The number of phenolic OH excluding ortho intramolecular Hbond substituents is 1. The highest BCUT2D eigenvalue weighted by molar-refractivity contribution is 7.80. The molecule has 2 aromatic carbocycles. The van der Waals surface area contributed by atoms with Gasteiger partial charge in [-0.1, -0.05) is 41.9 Å². The predicted molar refractivity (Wildman–Crippen MR) is 88.7 cm³/mol. The Labute approximate surface area is 138 Å². The Morgan fingerprint density at radius 3 is 2.73 bits per heavy atom. The van der Waals surface area contributed by atoms with Crippen molar-refractivity contribution in [3.8, 4) is 5.75 Å². The fourth-order valence-corrected chi connectivity index (χ4v) is 2.34. The van der Waals surface area contributed by atoms with Crippen LogP contribution in [0.3, 0.4) is 0 Å². The van der Waals surface area contributed by atoms with Gasteiger partial charge < -0.3 is 15.6 Å². The zero-order valence-electron chi connectivity index (χ0n) is 11.5. The van der Waals surface area contributed by atoms with Gasteiger partial charge >= 0.3 is 6.09 Å². The lowest BCUT2D eigenvalue weighted by atomic mass is 10.1. The molecule has 0 aliphatic heterocycles. The van der Waals surface area contributed by atoms with E-state index < -0.39 is 12.1 Å². The number of rotatable bonds is 4. The lowest BCUT2D eigenvalue weighted by Gasteiger charge is -2.14. The van der Waals surface area contributed by atoms with Crippen molar-refractivity contribution in [2.45, 2.75) is 10.9 Å². The summed E-state index contributed by atoms with van der Waals surface area (Å²) in [6.45, 7) is 0.00487. The van der Waals surface area contributed by atoms with Crippen molar-refractivity contribution >= 4 is 36.0 Å². The molecular weight excluding hydrogens is 324 g/mol. The zero-order chi connectivity index (χ0) is 16.1. The van der Waals surface area contributed by atoms with Crippen LogP contribution in [0.5, 0.6) is 5.75 Å². The summed E-state index contributed by atoms with van der Waals surface area (Å²) in [5.41, 5.74) is 6.91. The van der Waals surface area contributed by atoms with Crippen LogP contribution < -0.4 is 11.1 Å². The molecular formula is C15H15ClN2O3S. The van der Waals surface area contributed by atoms with Crippen LogP contribution >= 0.6 is 24.2 Å². The summed E-state index contributed by atoms with van der Waals surface area (Å²) in [6, 6.07) is 11.7. The maximum atomic E-state index is 11.8. The molecule has 0 radical (unpaired) electrons. The molecule has 0 fully saturated rings. The quantitative estimate of drug-likeness (QED) is 0.507. The summed E-state index contributed by atoms with van der Waals surface area (Å²) in [6.07, 6.45) is -0.739. The van der Waals surface area contributed by atoms with Crippen molar-refractivity contribution < 1.29 is 14.6 Å². The van der Waals surface area contributed by atoms with E-state index in [1.807, 2.05) is 30.3 Å². The Morgan fingerprint density at radius 2 is 2.05 bits per heavy atom. The second-order valence-corrected chi connectivity index (χ2v) is 5.48. The number of phenols is 1. The van der Waals surface area contributed by atoms with Crippen LogP contribution in [-0.2, 0) is 4.74 Å². The fraction of sp³-hybridized carbons (Fsp3) is 0.133. The molecule has 22 heavy (non-hydrogen) atoms. The van der Waals surface area contributed by atoms with Gasteiger partial charge in [0.05, 0.1) is 11.7 Å². The molecule has 0 saturated heterocycles. The largest absolute Gasteiger partial charge is 0.505 e. The minimum absolute atomic E-state index is 0.00487. The summed E-state index contributed by atoms with van der Waals surface area (Å²) in [5, 5.41) is 12.5. The molecule has 5 nitrogen and oxygen atoms in total. The average molecular weight is 339 g/mol. The molecule has 116 valence electrons. The van der Waals surface area contributed by atoms with Crippen LogP contribution in [0.2, 0.25) is 5.02 Å². The highest BCUT2D eigenvalue weighted by Gasteiger charge is 2.13. The fourth-order valence-electron chi connectivity index (χ4n) is 1.79. The molecule has 7 heteroatoms. The summed E-state index contributed by atoms with van der Waals surface area (Å²) >= 11 is 9.89. The Kier molecular flexibility index (Phi) is 5.54. The van der Waals surface area contributed by atoms with E-state index in [2.05, 4.69) is 17.9 Å². The second kappa shape index (κ2) is 7.40. The maximum absolute atomic E-state index is 11.8. The van der Waals surface area contributed by atoms with E-state index in [-0.39, 0.29) is 22.9 Å². The Morgan fingerprint density at radius 1 is 1.36 bits per heavy atom. The number of benzene rings is 2. The molecule has 0 spiro atoms. The summed E-state index contributed by atoms with van der Waals surface area (Å²) in [4.78, 5) is 12.0. The molecule has 2 aromatic rings. The molecule has 0 heterocycles. The number of hydrogen-bond acceptors (Lipinski definition) is 5. The maximum Gasteiger partial charge on any atom is 0.411 e. The number of amides is 1. The number of nitrogens with two attached hydrogens (primary N) is 1. The normalized spacial score (nSPS) is 11.8. The number of thiol groups is 1. The standard InChI is InChI=1S/C15H15ClN2O3S/c16-10-6-12(14(19)13(22)7-10)18-15(20)21-8-11(17)9-4-2-1-3-5-9/h1-7,11,19,22H,8,17H2,(H,18,20). The van der Waals surface area contributed by atoms with Crippen LogP contribution in [0.25, 0.3) is 0 Å². The van der Waals surface area contributed by atoms with Crippen LogP contribution in [-0.4, -0.2) is 17.8 Å². The minimum atomic E-state index is -0.739. The number of hydrogen-bond donors (Lipinski definition) is 4. The predicted octanol–water partition coefficient (Wildman–Crippen LogP) is 3.58. The van der Waals surface area contributed by atoms with Gasteiger partial charge in [-0.2, -0.15) is 0 Å². The van der Waals surface area contributed by atoms with Gasteiger partial charge in [0.1, 0.15) is 6.61 Å². The second-order valence-electron chi connectivity index (χ2n) is 4.56. The third kappa shape index (κ3) is 4.30. The van der Waals surface area contributed by atoms with Gasteiger partial charge in [-0.3, -0.25) is 5.32 Å². The van der Waals surface area contributed by atoms with Crippen LogP contribution in [0.1, 0.15) is 11.6 Å². The van der Waals surface area contributed by atoms with E-state index >= 15 is 0 Å². The van der Waals surface area contributed by atoms with Crippen molar-refractivity contribution in [2.75, 3.05) is 11.9 Å². The summed E-state index contributed by atoms with van der Waals surface area (Å²) in [7, 11) is 0. The third-order valence-corrected chi connectivity index (χ3v) is 3.47. The molecule has 0 aliphatic carbocycles. The number of nitrogens with one attached hydrogen (secondary N) is 1. The van der Waals surface area contributed by atoms with E-state index in [4.69, 9.17) is 22.1 Å². The molecule has 0 aliphatic rings. The Balaban J connectivity index is 1.94. The smallest absolute Gasteiger partial charge is 0.411 e. The number of ether oxygens (including phenoxy) is 1. The first-order valence-electron chi connectivity index (χ1n) is 6.43. The van der Waals surface area contributed by atoms with E-state index in [0.717, 1.165) is 5.56 Å². The third-order valence-electron chi connectivity index (χ3n) is 2.91. The number of halogens is 1. The topological polar surface area (TPSA) is 84.6 Å². The van der Waals surface area contributed by atoms with Crippen molar-refractivity contribution in [3.63, 3.8) is 0 Å². The first-order chi connectivity index (χ1) is 10.5. The molecule has 2 rings (SSSR count). The van der Waals surface area contributed by atoms with Crippen LogP contribution in [0.15, 0.2) is 47.4 Å². The lowest BCUT2D eigenvalue weighted by molar-refractivity contribution is 0.154. The summed E-state index contributed by atoms with van der Waals surface area (Å²) < 4.78 is 5.04. The first-order valence-corrected chi connectivity index (χ1v) is 7.25. The SMILES string of the molecule is NC(COC(=O)Nc1cc(Cl)cc(S)c1O)c1ccccc1. The molecule has 4 N–H and O–H groups in total. The van der Waals surface area contributed by atoms with E-state index in [9.17, 15) is 9.90 Å². The van der Waals surface area contributed by atoms with Gasteiger partial charge in [0, 0.05) is 9.92 Å². The van der Waals surface area contributed by atoms with Gasteiger partial charge in [-0.15, -0.1) is 12.6 Å². The lowest BCUT2D eigenvalue weighted by Crippen LogP contribution is -2.22. The highest BCUT2D eigenvalue weighted by Crippen LogP contribution is 2.33. The summed E-state index contributed by atoms with van der Waals surface area (Å²) in [5.74, 6) is -0.183. The number of anilines is 1. The zero-order valence-corrected chi connectivity index (χ0v) is 13.1. The number of carbonyl (C=O) groups excluding carboxylic acids is 1. The van der Waals surface area contributed by atoms with Gasteiger partial charge in [-0.25, -0.2) is 4.79 Å². The van der Waals surface area contributed by atoms with Crippen molar-refractivity contribution in [1.82, 2.24) is 0 Å². The van der Waals surface area contributed by atoms with E-state index in [0.29, 0.717) is 5.02 Å².